The predicted octanol–water partition coefficient (Wildman–Crippen LogP) is 6.14. The zero-order chi connectivity index (χ0) is 19.4. The average Bonchev–Trinajstić information content (AvgIpc) is 2.75. The molecule has 1 N–H and O–H groups in total. The van der Waals surface area contributed by atoms with Crippen molar-refractivity contribution in [3.63, 3.8) is 0 Å². The van der Waals surface area contributed by atoms with E-state index in [1.165, 1.54) is 28.3 Å². The van der Waals surface area contributed by atoms with Gasteiger partial charge < -0.3 is 14.8 Å². The first-order valence-electron chi connectivity index (χ1n) is 10.3. The Hall–Kier alpha value is -2.07. The van der Waals surface area contributed by atoms with Crippen LogP contribution in [-0.4, -0.2) is 19.8 Å². The van der Waals surface area contributed by atoms with E-state index in [4.69, 9.17) is 9.47 Å². The summed E-state index contributed by atoms with van der Waals surface area (Å²) in [6, 6.07) is 23.0. The minimum absolute atomic E-state index is 0. The van der Waals surface area contributed by atoms with Gasteiger partial charge in [-0.05, 0) is 41.8 Å². The fourth-order valence-corrected chi connectivity index (χ4v) is 3.23. The number of fused-ring (bicyclic) bond motifs is 1. The van der Waals surface area contributed by atoms with E-state index in [0.29, 0.717) is 6.61 Å². The number of halogens is 1. The largest absolute Gasteiger partial charge is 0.489 e. The van der Waals surface area contributed by atoms with E-state index in [1.54, 1.807) is 0 Å². The van der Waals surface area contributed by atoms with Gasteiger partial charge in [0.15, 0.2) is 0 Å². The smallest absolute Gasteiger partial charge is 0.124 e. The molecule has 3 rings (SSSR count). The molecule has 3 aromatic carbocycles. The van der Waals surface area contributed by atoms with Gasteiger partial charge >= 0.3 is 0 Å². The molecule has 0 amide bonds. The standard InChI is InChI=1S/C25H31NO2.ClH/c1-2-3-17-27-18-9-16-26-19-24-23-13-8-7-12-22(23)14-15-25(24)28-20-21-10-5-4-6-11-21;/h4-8,10-15,26H,2-3,9,16-20H2,1H3;1H. The van der Waals surface area contributed by atoms with Crippen LogP contribution < -0.4 is 10.1 Å². The Kier molecular flexibility index (Phi) is 10.6. The summed E-state index contributed by atoms with van der Waals surface area (Å²) in [6.07, 6.45) is 3.35. The molecule has 0 fully saturated rings. The number of benzene rings is 3. The Bertz CT molecular complexity index is 839. The van der Waals surface area contributed by atoms with E-state index in [1.807, 2.05) is 18.2 Å². The van der Waals surface area contributed by atoms with Gasteiger partial charge in [0.25, 0.3) is 0 Å². The van der Waals surface area contributed by atoms with Crippen LogP contribution in [0.3, 0.4) is 0 Å². The Morgan fingerprint density at radius 1 is 0.828 bits per heavy atom. The maximum Gasteiger partial charge on any atom is 0.124 e. The molecule has 0 aliphatic carbocycles. The molecule has 0 unspecified atom stereocenters. The Morgan fingerprint density at radius 2 is 1.59 bits per heavy atom. The number of hydrogen-bond donors (Lipinski definition) is 1. The lowest BCUT2D eigenvalue weighted by Crippen LogP contribution is -2.17. The van der Waals surface area contributed by atoms with Crippen molar-refractivity contribution in [3.8, 4) is 5.75 Å². The fourth-order valence-electron chi connectivity index (χ4n) is 3.23. The number of ether oxygens (including phenoxy) is 2. The second kappa shape index (κ2) is 13.2. The second-order valence-electron chi connectivity index (χ2n) is 7.03. The van der Waals surface area contributed by atoms with Crippen molar-refractivity contribution in [2.45, 2.75) is 39.3 Å². The highest BCUT2D eigenvalue weighted by molar-refractivity contribution is 5.87. The molecule has 0 radical (unpaired) electrons. The van der Waals surface area contributed by atoms with Gasteiger partial charge in [0.1, 0.15) is 12.4 Å². The zero-order valence-corrected chi connectivity index (χ0v) is 18.0. The van der Waals surface area contributed by atoms with Crippen molar-refractivity contribution < 1.29 is 9.47 Å². The molecule has 0 heterocycles. The quantitative estimate of drug-likeness (QED) is 0.362. The van der Waals surface area contributed by atoms with E-state index >= 15 is 0 Å². The van der Waals surface area contributed by atoms with Gasteiger partial charge in [0, 0.05) is 25.3 Å². The van der Waals surface area contributed by atoms with Crippen molar-refractivity contribution in [3.05, 3.63) is 77.9 Å². The monoisotopic (exact) mass is 413 g/mol. The van der Waals surface area contributed by atoms with Crippen LogP contribution in [0.25, 0.3) is 10.8 Å². The minimum atomic E-state index is 0. The van der Waals surface area contributed by atoms with Crippen LogP contribution in [-0.2, 0) is 17.9 Å². The predicted molar refractivity (Wildman–Crippen MR) is 124 cm³/mol. The number of unbranched alkanes of at least 4 members (excludes halogenated alkanes) is 1. The minimum Gasteiger partial charge on any atom is -0.489 e. The first-order valence-corrected chi connectivity index (χ1v) is 10.3. The van der Waals surface area contributed by atoms with Crippen LogP contribution in [0.2, 0.25) is 0 Å². The van der Waals surface area contributed by atoms with Crippen LogP contribution in [0.5, 0.6) is 5.75 Å². The first-order chi connectivity index (χ1) is 13.9. The first kappa shape index (κ1) is 23.2. The number of hydrogen-bond acceptors (Lipinski definition) is 3. The SMILES string of the molecule is CCCCOCCCNCc1c(OCc2ccccc2)ccc2ccccc12.Cl. The Labute approximate surface area is 180 Å². The van der Waals surface area contributed by atoms with Gasteiger partial charge in [0.2, 0.25) is 0 Å². The third kappa shape index (κ3) is 7.36. The van der Waals surface area contributed by atoms with Gasteiger partial charge in [-0.3, -0.25) is 0 Å². The van der Waals surface area contributed by atoms with Crippen LogP contribution in [0.15, 0.2) is 66.7 Å². The molecule has 156 valence electrons. The molecule has 0 atom stereocenters. The highest BCUT2D eigenvalue weighted by atomic mass is 35.5. The van der Waals surface area contributed by atoms with E-state index in [2.05, 4.69) is 60.8 Å². The highest BCUT2D eigenvalue weighted by Crippen LogP contribution is 2.28. The molecule has 3 aromatic rings. The summed E-state index contributed by atoms with van der Waals surface area (Å²) in [5.41, 5.74) is 2.40. The zero-order valence-electron chi connectivity index (χ0n) is 17.2. The molecule has 29 heavy (non-hydrogen) atoms. The van der Waals surface area contributed by atoms with E-state index in [9.17, 15) is 0 Å². The number of nitrogens with one attached hydrogen (secondary N) is 1. The molecular formula is C25H32ClNO2. The van der Waals surface area contributed by atoms with Crippen molar-refractivity contribution in [2.24, 2.45) is 0 Å². The Balaban J connectivity index is 0.00000300. The van der Waals surface area contributed by atoms with Crippen LogP contribution in [0.4, 0.5) is 0 Å². The van der Waals surface area contributed by atoms with Crippen molar-refractivity contribution in [2.75, 3.05) is 19.8 Å². The van der Waals surface area contributed by atoms with Gasteiger partial charge in [0.05, 0.1) is 0 Å². The van der Waals surface area contributed by atoms with Crippen LogP contribution >= 0.6 is 12.4 Å². The molecule has 0 aliphatic heterocycles. The normalized spacial score (nSPS) is 10.7. The molecule has 0 bridgehead atoms. The lowest BCUT2D eigenvalue weighted by Gasteiger charge is -2.15. The molecular weight excluding hydrogens is 382 g/mol. The van der Waals surface area contributed by atoms with Gasteiger partial charge in [-0.1, -0.05) is 74.0 Å². The summed E-state index contributed by atoms with van der Waals surface area (Å²) in [5, 5.41) is 6.06. The summed E-state index contributed by atoms with van der Waals surface area (Å²) in [6.45, 7) is 6.19. The van der Waals surface area contributed by atoms with Gasteiger partial charge in [-0.25, -0.2) is 0 Å². The summed E-state index contributed by atoms with van der Waals surface area (Å²) >= 11 is 0. The molecule has 0 spiro atoms. The molecule has 0 aliphatic rings. The van der Waals surface area contributed by atoms with Crippen molar-refractivity contribution >= 4 is 23.2 Å². The van der Waals surface area contributed by atoms with Gasteiger partial charge in [-0.2, -0.15) is 0 Å². The maximum absolute atomic E-state index is 6.19. The summed E-state index contributed by atoms with van der Waals surface area (Å²) < 4.78 is 11.8. The topological polar surface area (TPSA) is 30.5 Å². The molecule has 4 heteroatoms. The van der Waals surface area contributed by atoms with Crippen molar-refractivity contribution in [1.82, 2.24) is 5.32 Å². The van der Waals surface area contributed by atoms with Gasteiger partial charge in [-0.15, -0.1) is 12.4 Å². The third-order valence-electron chi connectivity index (χ3n) is 4.82. The summed E-state index contributed by atoms with van der Waals surface area (Å²) in [5.74, 6) is 0.953. The van der Waals surface area contributed by atoms with E-state index < -0.39 is 0 Å². The lowest BCUT2D eigenvalue weighted by molar-refractivity contribution is 0.128. The average molecular weight is 414 g/mol. The van der Waals surface area contributed by atoms with E-state index in [0.717, 1.165) is 44.9 Å². The Morgan fingerprint density at radius 3 is 2.41 bits per heavy atom. The molecule has 0 aromatic heterocycles. The maximum atomic E-state index is 6.19. The third-order valence-corrected chi connectivity index (χ3v) is 4.82. The number of rotatable bonds is 12. The van der Waals surface area contributed by atoms with Crippen LogP contribution in [0.1, 0.15) is 37.3 Å². The molecule has 0 saturated heterocycles. The van der Waals surface area contributed by atoms with E-state index in [-0.39, 0.29) is 12.4 Å². The second-order valence-corrected chi connectivity index (χ2v) is 7.03. The summed E-state index contributed by atoms with van der Waals surface area (Å²) in [4.78, 5) is 0. The van der Waals surface area contributed by atoms with Crippen molar-refractivity contribution in [1.29, 1.82) is 0 Å². The highest BCUT2D eigenvalue weighted by Gasteiger charge is 2.09. The van der Waals surface area contributed by atoms with Crippen LogP contribution in [0, 0.1) is 0 Å². The summed E-state index contributed by atoms with van der Waals surface area (Å²) in [7, 11) is 0. The fraction of sp³-hybridized carbons (Fsp3) is 0.360. The molecule has 0 saturated carbocycles. The molecule has 3 nitrogen and oxygen atoms in total. The lowest BCUT2D eigenvalue weighted by atomic mass is 10.0.